The van der Waals surface area contributed by atoms with Gasteiger partial charge in [-0.2, -0.15) is 0 Å². The Balaban J connectivity index is 1.45. The summed E-state index contributed by atoms with van der Waals surface area (Å²) in [5.74, 6) is 0.930. The highest BCUT2D eigenvalue weighted by molar-refractivity contribution is 9.10. The Morgan fingerprint density at radius 2 is 1.53 bits per heavy atom. The molecule has 0 aromatic heterocycles. The number of rotatable bonds is 10. The van der Waals surface area contributed by atoms with Crippen molar-refractivity contribution in [2.45, 2.75) is 11.3 Å². The molecule has 32 heavy (non-hydrogen) atoms. The second kappa shape index (κ2) is 11.0. The third-order valence-electron chi connectivity index (χ3n) is 4.50. The number of amides is 1. The van der Waals surface area contributed by atoms with Crippen LogP contribution in [0.2, 0.25) is 0 Å². The summed E-state index contributed by atoms with van der Waals surface area (Å²) in [6, 6.07) is 20.3. The standard InChI is InChI=1S/C23H23BrN2O5S/c1-30-20-8-2-17(3-9-20)14-15-25-23(27)16-31-21-10-12-22(13-11-21)32(28,29)26-19-6-4-18(24)5-7-19/h2-13,26H,14-16H2,1H3,(H,25,27). The van der Waals surface area contributed by atoms with Crippen LogP contribution in [0.25, 0.3) is 0 Å². The van der Waals surface area contributed by atoms with Gasteiger partial charge in [-0.05, 0) is 72.6 Å². The molecule has 0 aliphatic rings. The average Bonchev–Trinajstić information content (AvgIpc) is 2.80. The van der Waals surface area contributed by atoms with Crippen LogP contribution in [0.1, 0.15) is 5.56 Å². The largest absolute Gasteiger partial charge is 0.497 e. The first kappa shape index (κ1) is 23.6. The Bertz CT molecular complexity index is 1130. The van der Waals surface area contributed by atoms with Gasteiger partial charge in [-0.25, -0.2) is 8.42 Å². The predicted molar refractivity (Wildman–Crippen MR) is 127 cm³/mol. The molecule has 7 nitrogen and oxygen atoms in total. The lowest BCUT2D eigenvalue weighted by atomic mass is 10.1. The Morgan fingerprint density at radius 3 is 2.16 bits per heavy atom. The van der Waals surface area contributed by atoms with Crippen molar-refractivity contribution in [1.82, 2.24) is 5.32 Å². The van der Waals surface area contributed by atoms with Crippen molar-refractivity contribution in [3.05, 3.63) is 82.8 Å². The Hall–Kier alpha value is -3.04. The van der Waals surface area contributed by atoms with Gasteiger partial charge in [-0.3, -0.25) is 9.52 Å². The topological polar surface area (TPSA) is 93.7 Å². The van der Waals surface area contributed by atoms with Crippen molar-refractivity contribution in [2.75, 3.05) is 25.0 Å². The van der Waals surface area contributed by atoms with Gasteiger partial charge >= 0.3 is 0 Å². The molecule has 0 spiro atoms. The van der Waals surface area contributed by atoms with E-state index in [-0.39, 0.29) is 17.4 Å². The molecule has 0 fully saturated rings. The van der Waals surface area contributed by atoms with Crippen molar-refractivity contribution in [2.24, 2.45) is 0 Å². The molecule has 2 N–H and O–H groups in total. The minimum Gasteiger partial charge on any atom is -0.497 e. The maximum Gasteiger partial charge on any atom is 0.261 e. The molecule has 168 valence electrons. The lowest BCUT2D eigenvalue weighted by molar-refractivity contribution is -0.123. The first-order valence-electron chi connectivity index (χ1n) is 9.76. The van der Waals surface area contributed by atoms with Crippen LogP contribution >= 0.6 is 15.9 Å². The Labute approximate surface area is 195 Å². The molecule has 0 aliphatic heterocycles. The van der Waals surface area contributed by atoms with E-state index in [2.05, 4.69) is 26.0 Å². The quantitative estimate of drug-likeness (QED) is 0.423. The average molecular weight is 519 g/mol. The van der Waals surface area contributed by atoms with Gasteiger partial charge < -0.3 is 14.8 Å². The maximum absolute atomic E-state index is 12.5. The van der Waals surface area contributed by atoms with E-state index in [0.717, 1.165) is 15.8 Å². The second-order valence-corrected chi connectivity index (χ2v) is 9.42. The van der Waals surface area contributed by atoms with E-state index >= 15 is 0 Å². The van der Waals surface area contributed by atoms with Crippen molar-refractivity contribution < 1.29 is 22.7 Å². The molecular formula is C23H23BrN2O5S. The number of halogens is 1. The summed E-state index contributed by atoms with van der Waals surface area (Å²) in [6.45, 7) is 0.319. The lowest BCUT2D eigenvalue weighted by Crippen LogP contribution is -2.30. The highest BCUT2D eigenvalue weighted by Crippen LogP contribution is 2.21. The zero-order valence-electron chi connectivity index (χ0n) is 17.4. The first-order valence-corrected chi connectivity index (χ1v) is 12.0. The normalized spacial score (nSPS) is 10.9. The molecule has 0 atom stereocenters. The molecular weight excluding hydrogens is 496 g/mol. The van der Waals surface area contributed by atoms with E-state index < -0.39 is 10.0 Å². The highest BCUT2D eigenvalue weighted by atomic mass is 79.9. The minimum atomic E-state index is -3.73. The van der Waals surface area contributed by atoms with E-state index in [1.54, 1.807) is 31.4 Å². The zero-order valence-corrected chi connectivity index (χ0v) is 19.8. The number of sulfonamides is 1. The van der Waals surface area contributed by atoms with Gasteiger partial charge in [0.05, 0.1) is 12.0 Å². The van der Waals surface area contributed by atoms with Crippen LogP contribution in [-0.4, -0.2) is 34.6 Å². The summed E-state index contributed by atoms with van der Waals surface area (Å²) >= 11 is 3.31. The molecule has 0 saturated carbocycles. The number of benzene rings is 3. The van der Waals surface area contributed by atoms with Crippen LogP contribution in [0.3, 0.4) is 0 Å². The number of hydrogen-bond acceptors (Lipinski definition) is 5. The van der Waals surface area contributed by atoms with Crippen LogP contribution in [0.4, 0.5) is 5.69 Å². The van der Waals surface area contributed by atoms with Crippen LogP contribution in [0.5, 0.6) is 11.5 Å². The van der Waals surface area contributed by atoms with Gasteiger partial charge in [0.15, 0.2) is 6.61 Å². The summed E-state index contributed by atoms with van der Waals surface area (Å²) in [6.07, 6.45) is 0.688. The zero-order chi connectivity index (χ0) is 23.0. The summed E-state index contributed by atoms with van der Waals surface area (Å²) in [5.41, 5.74) is 1.54. The van der Waals surface area contributed by atoms with Crippen molar-refractivity contribution >= 4 is 37.5 Å². The Morgan fingerprint density at radius 1 is 0.906 bits per heavy atom. The molecule has 0 heterocycles. The molecule has 0 radical (unpaired) electrons. The summed E-state index contributed by atoms with van der Waals surface area (Å²) < 4.78 is 38.9. The summed E-state index contributed by atoms with van der Waals surface area (Å²) in [4.78, 5) is 12.1. The van der Waals surface area contributed by atoms with Crippen molar-refractivity contribution in [1.29, 1.82) is 0 Å². The molecule has 3 aromatic rings. The fraction of sp³-hybridized carbons (Fsp3) is 0.174. The van der Waals surface area contributed by atoms with E-state index in [1.807, 2.05) is 24.3 Å². The molecule has 1 amide bonds. The van der Waals surface area contributed by atoms with Crippen LogP contribution in [-0.2, 0) is 21.2 Å². The van der Waals surface area contributed by atoms with Gasteiger partial charge in [0.25, 0.3) is 15.9 Å². The summed E-state index contributed by atoms with van der Waals surface area (Å²) in [7, 11) is -2.11. The third kappa shape index (κ3) is 7.00. The van der Waals surface area contributed by atoms with Gasteiger partial charge in [-0.1, -0.05) is 28.1 Å². The van der Waals surface area contributed by atoms with E-state index in [0.29, 0.717) is 24.4 Å². The van der Waals surface area contributed by atoms with Gasteiger partial charge in [0, 0.05) is 16.7 Å². The van der Waals surface area contributed by atoms with Crippen molar-refractivity contribution in [3.8, 4) is 11.5 Å². The second-order valence-electron chi connectivity index (χ2n) is 6.82. The molecule has 0 saturated heterocycles. The number of methoxy groups -OCH3 is 1. The SMILES string of the molecule is COc1ccc(CCNC(=O)COc2ccc(S(=O)(=O)Nc3ccc(Br)cc3)cc2)cc1. The number of anilines is 1. The number of carbonyl (C=O) groups excluding carboxylic acids is 1. The van der Waals surface area contributed by atoms with E-state index in [4.69, 9.17) is 9.47 Å². The van der Waals surface area contributed by atoms with Gasteiger partial charge in [0.1, 0.15) is 11.5 Å². The third-order valence-corrected chi connectivity index (χ3v) is 6.42. The van der Waals surface area contributed by atoms with Crippen LogP contribution < -0.4 is 19.5 Å². The molecule has 3 aromatic carbocycles. The number of ether oxygens (including phenoxy) is 2. The Kier molecular flexibility index (Phi) is 8.13. The molecule has 0 bridgehead atoms. The first-order chi connectivity index (χ1) is 15.4. The molecule has 0 aliphatic carbocycles. The van der Waals surface area contributed by atoms with Gasteiger partial charge in [-0.15, -0.1) is 0 Å². The highest BCUT2D eigenvalue weighted by Gasteiger charge is 2.14. The number of nitrogens with one attached hydrogen (secondary N) is 2. The van der Waals surface area contributed by atoms with E-state index in [9.17, 15) is 13.2 Å². The minimum absolute atomic E-state index is 0.0942. The fourth-order valence-electron chi connectivity index (χ4n) is 2.79. The lowest BCUT2D eigenvalue weighted by Gasteiger charge is -2.10. The fourth-order valence-corrected chi connectivity index (χ4v) is 4.11. The van der Waals surface area contributed by atoms with Crippen LogP contribution in [0, 0.1) is 0 Å². The smallest absolute Gasteiger partial charge is 0.261 e. The molecule has 0 unspecified atom stereocenters. The molecule has 3 rings (SSSR count). The maximum atomic E-state index is 12.5. The van der Waals surface area contributed by atoms with Crippen molar-refractivity contribution in [3.63, 3.8) is 0 Å². The number of carbonyl (C=O) groups is 1. The van der Waals surface area contributed by atoms with Gasteiger partial charge in [0.2, 0.25) is 0 Å². The monoisotopic (exact) mass is 518 g/mol. The number of hydrogen-bond donors (Lipinski definition) is 2. The molecule has 9 heteroatoms. The van der Waals surface area contributed by atoms with Crippen LogP contribution in [0.15, 0.2) is 82.2 Å². The van der Waals surface area contributed by atoms with E-state index in [1.165, 1.54) is 24.3 Å². The summed E-state index contributed by atoms with van der Waals surface area (Å²) in [5, 5.41) is 2.79. The predicted octanol–water partition coefficient (Wildman–Crippen LogP) is 4.00.